The van der Waals surface area contributed by atoms with Crippen molar-refractivity contribution in [3.8, 4) is 0 Å². The molecule has 2 N–H and O–H groups in total. The van der Waals surface area contributed by atoms with Crippen LogP contribution in [0.1, 0.15) is 25.3 Å². The highest BCUT2D eigenvalue weighted by molar-refractivity contribution is 6.42. The Morgan fingerprint density at radius 3 is 2.58 bits per heavy atom. The number of rotatable bonds is 6. The Morgan fingerprint density at radius 1 is 1.32 bits per heavy atom. The average Bonchev–Trinajstić information content (AvgIpc) is 2.29. The maximum atomic E-state index is 11.6. The standard InChI is InChI=1S/C13H15Cl2NO3/c1-8(6-13(18)19)16-12(17)5-3-9-2-4-10(14)11(15)7-9/h2,4,7-8H,3,5-6H2,1H3,(H,16,17)(H,18,19). The van der Waals surface area contributed by atoms with Gasteiger partial charge in [-0.25, -0.2) is 0 Å². The molecule has 6 heteroatoms. The molecule has 0 aliphatic carbocycles. The van der Waals surface area contributed by atoms with E-state index in [4.69, 9.17) is 28.3 Å². The van der Waals surface area contributed by atoms with Gasteiger partial charge in [0.05, 0.1) is 16.5 Å². The molecule has 1 atom stereocenters. The lowest BCUT2D eigenvalue weighted by Crippen LogP contribution is -2.34. The average molecular weight is 304 g/mol. The zero-order chi connectivity index (χ0) is 14.4. The van der Waals surface area contributed by atoms with E-state index < -0.39 is 5.97 Å². The van der Waals surface area contributed by atoms with E-state index in [1.54, 1.807) is 19.1 Å². The van der Waals surface area contributed by atoms with Gasteiger partial charge in [-0.2, -0.15) is 0 Å². The van der Waals surface area contributed by atoms with Gasteiger partial charge in [0.1, 0.15) is 0 Å². The molecule has 1 amide bonds. The molecule has 0 saturated carbocycles. The van der Waals surface area contributed by atoms with Gasteiger partial charge in [0.2, 0.25) is 5.91 Å². The summed E-state index contributed by atoms with van der Waals surface area (Å²) in [5.41, 5.74) is 0.912. The Labute approximate surface area is 121 Å². The first-order valence-electron chi connectivity index (χ1n) is 5.83. The fraction of sp³-hybridized carbons (Fsp3) is 0.385. The van der Waals surface area contributed by atoms with E-state index in [1.807, 2.05) is 6.07 Å². The smallest absolute Gasteiger partial charge is 0.305 e. The van der Waals surface area contributed by atoms with Gasteiger partial charge in [-0.1, -0.05) is 29.3 Å². The van der Waals surface area contributed by atoms with Gasteiger partial charge in [-0.05, 0) is 31.0 Å². The van der Waals surface area contributed by atoms with E-state index in [0.29, 0.717) is 16.5 Å². The number of halogens is 2. The maximum Gasteiger partial charge on any atom is 0.305 e. The summed E-state index contributed by atoms with van der Waals surface area (Å²) in [4.78, 5) is 22.1. The largest absolute Gasteiger partial charge is 0.481 e. The van der Waals surface area contributed by atoms with Crippen LogP contribution in [0.2, 0.25) is 10.0 Å². The molecule has 4 nitrogen and oxygen atoms in total. The van der Waals surface area contributed by atoms with Crippen LogP contribution in [0.15, 0.2) is 18.2 Å². The quantitative estimate of drug-likeness (QED) is 0.849. The third kappa shape index (κ3) is 5.94. The van der Waals surface area contributed by atoms with Crippen LogP contribution in [0.4, 0.5) is 0 Å². The predicted octanol–water partition coefficient (Wildman–Crippen LogP) is 2.91. The van der Waals surface area contributed by atoms with Gasteiger partial charge in [0.25, 0.3) is 0 Å². The summed E-state index contributed by atoms with van der Waals surface area (Å²) in [6.45, 7) is 1.66. The minimum Gasteiger partial charge on any atom is -0.481 e. The molecule has 0 aliphatic heterocycles. The molecule has 1 rings (SSSR count). The molecular formula is C13H15Cl2NO3. The lowest BCUT2D eigenvalue weighted by atomic mass is 10.1. The number of hydrogen-bond donors (Lipinski definition) is 2. The van der Waals surface area contributed by atoms with E-state index in [1.165, 1.54) is 0 Å². The molecule has 0 bridgehead atoms. The Balaban J connectivity index is 2.41. The number of benzene rings is 1. The zero-order valence-corrected chi connectivity index (χ0v) is 12.0. The molecule has 1 aromatic rings. The summed E-state index contributed by atoms with van der Waals surface area (Å²) >= 11 is 11.7. The molecule has 0 spiro atoms. The van der Waals surface area contributed by atoms with E-state index in [2.05, 4.69) is 5.32 Å². The number of carbonyl (C=O) groups excluding carboxylic acids is 1. The van der Waals surface area contributed by atoms with E-state index in [9.17, 15) is 9.59 Å². The number of amides is 1. The van der Waals surface area contributed by atoms with Crippen LogP contribution >= 0.6 is 23.2 Å². The summed E-state index contributed by atoms with van der Waals surface area (Å²) in [5.74, 6) is -1.11. The highest BCUT2D eigenvalue weighted by Crippen LogP contribution is 2.23. The number of aryl methyl sites for hydroxylation is 1. The molecule has 0 heterocycles. The van der Waals surface area contributed by atoms with Crippen LogP contribution in [0.3, 0.4) is 0 Å². The summed E-state index contributed by atoms with van der Waals surface area (Å²) in [6, 6.07) is 4.84. The van der Waals surface area contributed by atoms with Crippen molar-refractivity contribution >= 4 is 35.1 Å². The first-order chi connectivity index (χ1) is 8.88. The third-order valence-electron chi connectivity index (χ3n) is 2.51. The SMILES string of the molecule is CC(CC(=O)O)NC(=O)CCc1ccc(Cl)c(Cl)c1. The van der Waals surface area contributed by atoms with E-state index in [-0.39, 0.29) is 24.8 Å². The second kappa shape index (κ2) is 7.36. The molecule has 1 aromatic carbocycles. The molecule has 0 fully saturated rings. The first kappa shape index (κ1) is 15.8. The lowest BCUT2D eigenvalue weighted by molar-refractivity contribution is -0.137. The highest BCUT2D eigenvalue weighted by atomic mass is 35.5. The van der Waals surface area contributed by atoms with Crippen molar-refractivity contribution in [2.45, 2.75) is 32.2 Å². The van der Waals surface area contributed by atoms with Crippen molar-refractivity contribution in [3.05, 3.63) is 33.8 Å². The lowest BCUT2D eigenvalue weighted by Gasteiger charge is -2.11. The van der Waals surface area contributed by atoms with Crippen LogP contribution < -0.4 is 5.32 Å². The Morgan fingerprint density at radius 2 is 2.00 bits per heavy atom. The maximum absolute atomic E-state index is 11.6. The summed E-state index contributed by atoms with van der Waals surface area (Å²) in [5, 5.41) is 12.1. The molecule has 0 saturated heterocycles. The van der Waals surface area contributed by atoms with Gasteiger partial charge >= 0.3 is 5.97 Å². The van der Waals surface area contributed by atoms with Crippen LogP contribution in [0.25, 0.3) is 0 Å². The summed E-state index contributed by atoms with van der Waals surface area (Å²) in [7, 11) is 0. The van der Waals surface area contributed by atoms with Crippen LogP contribution in [0.5, 0.6) is 0 Å². The van der Waals surface area contributed by atoms with Gasteiger partial charge in [0.15, 0.2) is 0 Å². The minimum atomic E-state index is -0.933. The van der Waals surface area contributed by atoms with Crippen molar-refractivity contribution in [2.24, 2.45) is 0 Å². The molecule has 0 aromatic heterocycles. The highest BCUT2D eigenvalue weighted by Gasteiger charge is 2.11. The zero-order valence-electron chi connectivity index (χ0n) is 10.5. The first-order valence-corrected chi connectivity index (χ1v) is 6.59. The Hall–Kier alpha value is -1.26. The van der Waals surface area contributed by atoms with Gasteiger partial charge in [-0.3, -0.25) is 9.59 Å². The molecular weight excluding hydrogens is 289 g/mol. The van der Waals surface area contributed by atoms with Gasteiger partial charge in [-0.15, -0.1) is 0 Å². The Bertz CT molecular complexity index is 477. The number of hydrogen-bond acceptors (Lipinski definition) is 2. The van der Waals surface area contributed by atoms with Crippen molar-refractivity contribution in [2.75, 3.05) is 0 Å². The fourth-order valence-corrected chi connectivity index (χ4v) is 1.93. The van der Waals surface area contributed by atoms with Gasteiger partial charge in [0, 0.05) is 12.5 Å². The topological polar surface area (TPSA) is 66.4 Å². The number of nitrogens with one attached hydrogen (secondary N) is 1. The predicted molar refractivity (Wildman–Crippen MR) is 74.6 cm³/mol. The molecule has 104 valence electrons. The molecule has 19 heavy (non-hydrogen) atoms. The fourth-order valence-electron chi connectivity index (χ4n) is 1.61. The normalized spacial score (nSPS) is 11.9. The van der Waals surface area contributed by atoms with Crippen LogP contribution in [0, 0.1) is 0 Å². The van der Waals surface area contributed by atoms with Crippen molar-refractivity contribution < 1.29 is 14.7 Å². The number of carboxylic acid groups (broad SMARTS) is 1. The van der Waals surface area contributed by atoms with Gasteiger partial charge < -0.3 is 10.4 Å². The number of carbonyl (C=O) groups is 2. The van der Waals surface area contributed by atoms with E-state index in [0.717, 1.165) is 5.56 Å². The number of aliphatic carboxylic acids is 1. The van der Waals surface area contributed by atoms with Crippen LogP contribution in [-0.4, -0.2) is 23.0 Å². The van der Waals surface area contributed by atoms with Crippen molar-refractivity contribution in [3.63, 3.8) is 0 Å². The van der Waals surface area contributed by atoms with Crippen molar-refractivity contribution in [1.29, 1.82) is 0 Å². The van der Waals surface area contributed by atoms with E-state index >= 15 is 0 Å². The summed E-state index contributed by atoms with van der Waals surface area (Å²) in [6.07, 6.45) is 0.725. The molecule has 1 unspecified atom stereocenters. The molecule has 0 radical (unpaired) electrons. The molecule has 0 aliphatic rings. The monoisotopic (exact) mass is 303 g/mol. The summed E-state index contributed by atoms with van der Waals surface area (Å²) < 4.78 is 0. The Kier molecular flexibility index (Phi) is 6.12. The van der Waals surface area contributed by atoms with Crippen molar-refractivity contribution in [1.82, 2.24) is 5.32 Å². The number of carboxylic acids is 1. The second-order valence-corrected chi connectivity index (χ2v) is 5.13. The second-order valence-electron chi connectivity index (χ2n) is 4.31. The van der Waals surface area contributed by atoms with Crippen LogP contribution in [-0.2, 0) is 16.0 Å². The third-order valence-corrected chi connectivity index (χ3v) is 3.25. The minimum absolute atomic E-state index is 0.0848.